The topological polar surface area (TPSA) is 53.0 Å². The van der Waals surface area contributed by atoms with Crippen LogP contribution in [-0.4, -0.2) is 12.6 Å². The first-order valence-corrected chi connectivity index (χ1v) is 6.04. The largest absolute Gasteiger partial charge is 0.418 e. The second kappa shape index (κ2) is 5.00. The summed E-state index contributed by atoms with van der Waals surface area (Å²) in [6.45, 7) is 0.314. The number of hydrogen-bond donors (Lipinski definition) is 1. The first-order chi connectivity index (χ1) is 8.93. The van der Waals surface area contributed by atoms with Crippen molar-refractivity contribution in [3.63, 3.8) is 0 Å². The van der Waals surface area contributed by atoms with E-state index in [1.165, 1.54) is 12.1 Å². The SMILES string of the molecule is N#CCCN(c1ccc(N)cc1C(F)(F)F)C1CC1. The first-order valence-electron chi connectivity index (χ1n) is 6.04. The molecule has 2 N–H and O–H groups in total. The highest BCUT2D eigenvalue weighted by molar-refractivity contribution is 5.62. The zero-order valence-corrected chi connectivity index (χ0v) is 10.2. The van der Waals surface area contributed by atoms with E-state index in [0.717, 1.165) is 18.9 Å². The summed E-state index contributed by atoms with van der Waals surface area (Å²) < 4.78 is 39.1. The van der Waals surface area contributed by atoms with Crippen LogP contribution in [0.4, 0.5) is 24.5 Å². The molecule has 1 aromatic carbocycles. The van der Waals surface area contributed by atoms with E-state index in [-0.39, 0.29) is 23.8 Å². The second-order valence-electron chi connectivity index (χ2n) is 4.61. The maximum atomic E-state index is 13.0. The monoisotopic (exact) mass is 269 g/mol. The third-order valence-corrected chi connectivity index (χ3v) is 3.09. The van der Waals surface area contributed by atoms with Crippen molar-refractivity contribution in [2.24, 2.45) is 0 Å². The number of benzene rings is 1. The lowest BCUT2D eigenvalue weighted by Gasteiger charge is -2.27. The molecule has 3 nitrogen and oxygen atoms in total. The molecule has 0 bridgehead atoms. The minimum absolute atomic E-state index is 0.0899. The second-order valence-corrected chi connectivity index (χ2v) is 4.61. The standard InChI is InChI=1S/C13H14F3N3/c14-13(15,16)11-8-9(18)2-5-12(11)19(7-1-6-17)10-3-4-10/h2,5,8,10H,1,3-4,7,18H2. The van der Waals surface area contributed by atoms with Gasteiger partial charge in [0.15, 0.2) is 0 Å². The Hall–Kier alpha value is -1.90. The zero-order chi connectivity index (χ0) is 14.0. The van der Waals surface area contributed by atoms with E-state index in [1.54, 1.807) is 4.90 Å². The Morgan fingerprint density at radius 3 is 2.58 bits per heavy atom. The molecule has 0 aliphatic heterocycles. The third-order valence-electron chi connectivity index (χ3n) is 3.09. The minimum atomic E-state index is -4.44. The van der Waals surface area contributed by atoms with E-state index >= 15 is 0 Å². The number of halogens is 3. The number of rotatable bonds is 4. The summed E-state index contributed by atoms with van der Waals surface area (Å²) >= 11 is 0. The molecule has 1 aliphatic carbocycles. The lowest BCUT2D eigenvalue weighted by atomic mass is 10.1. The smallest absolute Gasteiger partial charge is 0.399 e. The van der Waals surface area contributed by atoms with E-state index in [2.05, 4.69) is 0 Å². The molecule has 0 amide bonds. The lowest BCUT2D eigenvalue weighted by Crippen LogP contribution is -2.29. The number of anilines is 2. The van der Waals surface area contributed by atoms with Crippen LogP contribution < -0.4 is 10.6 Å². The van der Waals surface area contributed by atoms with Crippen molar-refractivity contribution in [3.05, 3.63) is 23.8 Å². The fourth-order valence-corrected chi connectivity index (χ4v) is 2.09. The van der Waals surface area contributed by atoms with Crippen LogP contribution >= 0.6 is 0 Å². The molecule has 102 valence electrons. The summed E-state index contributed by atoms with van der Waals surface area (Å²) in [5, 5.41) is 8.62. The van der Waals surface area contributed by atoms with Crippen molar-refractivity contribution in [1.82, 2.24) is 0 Å². The summed E-state index contributed by atoms with van der Waals surface area (Å²) in [6, 6.07) is 5.90. The van der Waals surface area contributed by atoms with Crippen LogP contribution in [0.2, 0.25) is 0 Å². The normalized spacial score (nSPS) is 15.1. The highest BCUT2D eigenvalue weighted by atomic mass is 19.4. The van der Waals surface area contributed by atoms with Gasteiger partial charge < -0.3 is 10.6 Å². The van der Waals surface area contributed by atoms with Gasteiger partial charge in [0, 0.05) is 24.0 Å². The number of nitriles is 1. The summed E-state index contributed by atoms with van der Waals surface area (Å²) in [5.41, 5.74) is 4.94. The maximum Gasteiger partial charge on any atom is 0.418 e. The molecule has 1 aromatic rings. The summed E-state index contributed by atoms with van der Waals surface area (Å²) in [7, 11) is 0. The molecule has 6 heteroatoms. The number of alkyl halides is 3. The van der Waals surface area contributed by atoms with Crippen molar-refractivity contribution in [2.45, 2.75) is 31.5 Å². The number of nitrogens with two attached hydrogens (primary N) is 1. The highest BCUT2D eigenvalue weighted by Gasteiger charge is 2.38. The van der Waals surface area contributed by atoms with Crippen molar-refractivity contribution in [1.29, 1.82) is 5.26 Å². The Morgan fingerprint density at radius 2 is 2.05 bits per heavy atom. The summed E-state index contributed by atoms with van der Waals surface area (Å²) in [4.78, 5) is 1.67. The number of nitrogen functional groups attached to an aromatic ring is 1. The van der Waals surface area contributed by atoms with Gasteiger partial charge in [0.05, 0.1) is 18.1 Å². The molecule has 1 saturated carbocycles. The molecule has 1 aliphatic rings. The Morgan fingerprint density at radius 1 is 1.37 bits per heavy atom. The van der Waals surface area contributed by atoms with E-state index < -0.39 is 11.7 Å². The van der Waals surface area contributed by atoms with E-state index in [9.17, 15) is 13.2 Å². The van der Waals surface area contributed by atoms with Gasteiger partial charge in [0.1, 0.15) is 0 Å². The van der Waals surface area contributed by atoms with Crippen molar-refractivity contribution in [3.8, 4) is 6.07 Å². The van der Waals surface area contributed by atoms with Crippen molar-refractivity contribution >= 4 is 11.4 Å². The van der Waals surface area contributed by atoms with Gasteiger partial charge >= 0.3 is 6.18 Å². The lowest BCUT2D eigenvalue weighted by molar-refractivity contribution is -0.137. The molecular weight excluding hydrogens is 255 g/mol. The molecule has 2 rings (SSSR count). The van der Waals surface area contributed by atoms with Crippen LogP contribution in [0.15, 0.2) is 18.2 Å². The fourth-order valence-electron chi connectivity index (χ4n) is 2.09. The molecule has 0 unspecified atom stereocenters. The van der Waals surface area contributed by atoms with Gasteiger partial charge in [0.2, 0.25) is 0 Å². The van der Waals surface area contributed by atoms with Crippen molar-refractivity contribution in [2.75, 3.05) is 17.2 Å². The molecule has 0 aromatic heterocycles. The average molecular weight is 269 g/mol. The molecular formula is C13H14F3N3. The molecule has 0 atom stereocenters. The van der Waals surface area contributed by atoms with E-state index in [1.807, 2.05) is 6.07 Å². The van der Waals surface area contributed by atoms with Gasteiger partial charge in [-0.3, -0.25) is 0 Å². The van der Waals surface area contributed by atoms with E-state index in [4.69, 9.17) is 11.0 Å². The number of hydrogen-bond acceptors (Lipinski definition) is 3. The van der Waals surface area contributed by atoms with Crippen LogP contribution in [0.5, 0.6) is 0 Å². The van der Waals surface area contributed by atoms with Gasteiger partial charge in [0.25, 0.3) is 0 Å². The Labute approximate surface area is 109 Å². The fraction of sp³-hybridized carbons (Fsp3) is 0.462. The number of nitrogens with zero attached hydrogens (tertiary/aromatic N) is 2. The average Bonchev–Trinajstić information content (AvgIpc) is 3.14. The highest BCUT2D eigenvalue weighted by Crippen LogP contribution is 2.41. The molecule has 0 spiro atoms. The molecule has 0 heterocycles. The predicted octanol–water partition coefficient (Wildman–Crippen LogP) is 3.17. The summed E-state index contributed by atoms with van der Waals surface area (Å²) in [6.07, 6.45) is -2.50. The predicted molar refractivity (Wildman–Crippen MR) is 66.5 cm³/mol. The van der Waals surface area contributed by atoms with Crippen LogP contribution in [0.25, 0.3) is 0 Å². The van der Waals surface area contributed by atoms with Gasteiger partial charge in [-0.15, -0.1) is 0 Å². The van der Waals surface area contributed by atoms with Crippen LogP contribution in [0.1, 0.15) is 24.8 Å². The zero-order valence-electron chi connectivity index (χ0n) is 10.2. The Balaban J connectivity index is 2.38. The van der Waals surface area contributed by atoms with E-state index in [0.29, 0.717) is 6.54 Å². The Bertz CT molecular complexity index is 501. The molecule has 1 fully saturated rings. The summed E-state index contributed by atoms with van der Waals surface area (Å²) in [5.74, 6) is 0. The Kier molecular flexibility index (Phi) is 3.56. The maximum absolute atomic E-state index is 13.0. The third kappa shape index (κ3) is 3.11. The van der Waals surface area contributed by atoms with Crippen molar-refractivity contribution < 1.29 is 13.2 Å². The molecule has 0 radical (unpaired) electrons. The molecule has 0 saturated heterocycles. The van der Waals surface area contributed by atoms with Gasteiger partial charge in [-0.2, -0.15) is 18.4 Å². The van der Waals surface area contributed by atoms with Gasteiger partial charge in [-0.25, -0.2) is 0 Å². The minimum Gasteiger partial charge on any atom is -0.399 e. The van der Waals surface area contributed by atoms with Crippen LogP contribution in [0.3, 0.4) is 0 Å². The molecule has 19 heavy (non-hydrogen) atoms. The quantitative estimate of drug-likeness (QED) is 0.854. The van der Waals surface area contributed by atoms with Gasteiger partial charge in [-0.05, 0) is 31.0 Å². The van der Waals surface area contributed by atoms with Crippen LogP contribution in [-0.2, 0) is 6.18 Å². The van der Waals surface area contributed by atoms with Crippen LogP contribution in [0, 0.1) is 11.3 Å². The first kappa shape index (κ1) is 13.5. The van der Waals surface area contributed by atoms with Gasteiger partial charge in [-0.1, -0.05) is 0 Å².